The maximum Gasteiger partial charge on any atom is 3.00 e. The van der Waals surface area contributed by atoms with Crippen LogP contribution in [0.3, 0.4) is 0 Å². The van der Waals surface area contributed by atoms with E-state index in [0.29, 0.717) is 0 Å². The van der Waals surface area contributed by atoms with Crippen LogP contribution in [0.1, 0.15) is 42.2 Å². The van der Waals surface area contributed by atoms with Crippen molar-refractivity contribution >= 4 is 11.6 Å². The molecule has 0 atom stereocenters. The summed E-state index contributed by atoms with van der Waals surface area (Å²) in [5.41, 5.74) is 6.85. The summed E-state index contributed by atoms with van der Waals surface area (Å²) in [4.78, 5) is 11.1. The van der Waals surface area contributed by atoms with Gasteiger partial charge in [-0.3, -0.25) is 0 Å². The predicted octanol–water partition coefficient (Wildman–Crippen LogP) is 5.31. The second-order valence-electron chi connectivity index (χ2n) is 4.10. The Morgan fingerprint density at radius 2 is 1.05 bits per heavy atom. The van der Waals surface area contributed by atoms with E-state index in [1.54, 1.807) is 0 Å². The number of hydrogen-bond donors (Lipinski definition) is 0. The Morgan fingerprint density at radius 1 is 0.789 bits per heavy atom. The van der Waals surface area contributed by atoms with Gasteiger partial charge < -0.3 is 25.0 Å². The van der Waals surface area contributed by atoms with Gasteiger partial charge in [0.25, 0.3) is 0 Å². The van der Waals surface area contributed by atoms with E-state index in [9.17, 15) is 4.79 Å². The molecule has 1 amide bonds. The van der Waals surface area contributed by atoms with Crippen LogP contribution in [0.4, 0.5) is 5.69 Å². The van der Waals surface area contributed by atoms with E-state index in [1.807, 2.05) is 13.8 Å². The van der Waals surface area contributed by atoms with E-state index < -0.39 is 0 Å². The fraction of sp³-hybridized carbons (Fsp3) is 0.438. The first-order chi connectivity index (χ1) is 6.86. The van der Waals surface area contributed by atoms with E-state index in [-0.39, 0.29) is 48.3 Å². The van der Waals surface area contributed by atoms with E-state index in [1.165, 1.54) is 23.6 Å². The quantitative estimate of drug-likeness (QED) is 0.542. The molecule has 0 saturated carbocycles. The second-order valence-corrected chi connectivity index (χ2v) is 4.10. The molecule has 0 aromatic heterocycles. The summed E-state index contributed by atoms with van der Waals surface area (Å²) in [6.07, 6.45) is 0. The Kier molecular flexibility index (Phi) is 14.3. The van der Waals surface area contributed by atoms with Crippen LogP contribution in [0.5, 0.6) is 0 Å². The number of carbonyl (C=O) groups is 1. The van der Waals surface area contributed by atoms with Gasteiger partial charge in [-0.1, -0.05) is 18.6 Å². The molecule has 0 fully saturated rings. The Balaban J connectivity index is -0.000000281. The summed E-state index contributed by atoms with van der Waals surface area (Å²) in [5, 5.41) is 4.08. The molecule has 1 rings (SSSR count). The Morgan fingerprint density at radius 3 is 1.32 bits per heavy atom. The van der Waals surface area contributed by atoms with Crippen molar-refractivity contribution in [2.24, 2.45) is 0 Å². The molecule has 0 unspecified atom stereocenters. The van der Waals surface area contributed by atoms with Gasteiger partial charge >= 0.3 is 20.1 Å². The molecule has 19 heavy (non-hydrogen) atoms. The third-order valence-electron chi connectivity index (χ3n) is 3.23. The summed E-state index contributed by atoms with van der Waals surface area (Å²) in [6.45, 7) is 11.8. The number of hydrogen-bond acceptors (Lipinski definition) is 1. The van der Waals surface area contributed by atoms with Crippen LogP contribution in [-0.4, -0.2) is 5.91 Å². The summed E-state index contributed by atoms with van der Waals surface area (Å²) < 4.78 is 0. The Bertz CT molecular complexity index is 396. The molecule has 1 aromatic rings. The smallest absolute Gasteiger partial charge is 0.627 e. The molecule has 2 nitrogen and oxygen atoms in total. The van der Waals surface area contributed by atoms with Crippen molar-refractivity contribution in [3.8, 4) is 0 Å². The van der Waals surface area contributed by atoms with E-state index in [4.69, 9.17) is 0 Å². The zero-order chi connectivity index (χ0) is 11.7. The third-order valence-corrected chi connectivity index (χ3v) is 3.23. The maximum absolute atomic E-state index is 11.1. The van der Waals surface area contributed by atoms with Crippen molar-refractivity contribution in [1.82, 2.24) is 0 Å². The average Bonchev–Trinajstić information content (AvgIpc) is 2.18. The van der Waals surface area contributed by atoms with Crippen LogP contribution in [0.15, 0.2) is 0 Å². The van der Waals surface area contributed by atoms with Gasteiger partial charge in [0.1, 0.15) is 0 Å². The van der Waals surface area contributed by atoms with Crippen molar-refractivity contribution in [1.29, 1.82) is 0 Å². The molecular weight excluding hydrogens is 414 g/mol. The molecule has 0 radical (unpaired) electrons. The van der Waals surface area contributed by atoms with Gasteiger partial charge in [0, 0.05) is 0 Å². The van der Waals surface area contributed by atoms with Gasteiger partial charge in [-0.05, 0) is 58.2 Å². The van der Waals surface area contributed by atoms with Gasteiger partial charge in [0.2, 0.25) is 0 Å². The molecule has 0 saturated heterocycles. The second kappa shape index (κ2) is 10.2. The molecular formula is C16H28IrNO. The van der Waals surface area contributed by atoms with Crippen molar-refractivity contribution in [3.63, 3.8) is 0 Å². The Hall–Kier alpha value is -0.661. The molecule has 1 aromatic carbocycles. The van der Waals surface area contributed by atoms with E-state index in [0.717, 1.165) is 16.8 Å². The molecule has 3 heteroatoms. The number of rotatable bonds is 1. The SMILES string of the molecule is C.CC(=O)[N-]c1c(C)c(C)c(C)c(C)c1C.[CH3-].[CH3-].[Ir+3]. The predicted molar refractivity (Wildman–Crippen MR) is 83.4 cm³/mol. The van der Waals surface area contributed by atoms with Crippen LogP contribution in [0.2, 0.25) is 0 Å². The van der Waals surface area contributed by atoms with Crippen LogP contribution >= 0.6 is 0 Å². The van der Waals surface area contributed by atoms with Crippen molar-refractivity contribution in [2.75, 3.05) is 0 Å². The summed E-state index contributed by atoms with van der Waals surface area (Å²) >= 11 is 0. The van der Waals surface area contributed by atoms with Gasteiger partial charge in [0.15, 0.2) is 0 Å². The fourth-order valence-electron chi connectivity index (χ4n) is 1.81. The molecule has 0 heterocycles. The number of benzene rings is 1. The minimum Gasteiger partial charge on any atom is -0.627 e. The van der Waals surface area contributed by atoms with Gasteiger partial charge in [-0.25, -0.2) is 0 Å². The normalized spacial score (nSPS) is 8.11. The van der Waals surface area contributed by atoms with Crippen LogP contribution in [-0.2, 0) is 24.9 Å². The molecule has 0 spiro atoms. The van der Waals surface area contributed by atoms with E-state index in [2.05, 4.69) is 26.1 Å². The topological polar surface area (TPSA) is 31.2 Å². The molecule has 0 aliphatic heterocycles. The molecule has 112 valence electrons. The molecule has 0 aliphatic carbocycles. The first-order valence-corrected chi connectivity index (χ1v) is 5.15. The van der Waals surface area contributed by atoms with Crippen molar-refractivity contribution in [2.45, 2.75) is 49.0 Å². The van der Waals surface area contributed by atoms with Crippen LogP contribution in [0.25, 0.3) is 5.32 Å². The standard InChI is InChI=1S/C13H19NO.CH4.2CH3.Ir/c1-7-8(2)10(4)13(14-12(6)15)11(5)9(7)3;;;;/h1-6H3,(H,14,15);1H4;2*1H3;/q;;2*-1;+3/p-1. The fourth-order valence-corrected chi connectivity index (χ4v) is 1.81. The largest absolute Gasteiger partial charge is 3.00 e. The third kappa shape index (κ3) is 5.46. The van der Waals surface area contributed by atoms with Crippen molar-refractivity contribution < 1.29 is 24.9 Å². The van der Waals surface area contributed by atoms with Gasteiger partial charge in [-0.2, -0.15) is 0 Å². The molecule has 0 aliphatic rings. The Labute approximate surface area is 133 Å². The van der Waals surface area contributed by atoms with Crippen LogP contribution in [0, 0.1) is 49.5 Å². The summed E-state index contributed by atoms with van der Waals surface area (Å²) in [6, 6.07) is 0. The summed E-state index contributed by atoms with van der Waals surface area (Å²) in [7, 11) is 0. The van der Waals surface area contributed by atoms with E-state index >= 15 is 0 Å². The number of amides is 1. The minimum absolute atomic E-state index is 0. The zero-order valence-corrected chi connectivity index (χ0v) is 15.1. The van der Waals surface area contributed by atoms with Gasteiger partial charge in [-0.15, -0.1) is 5.69 Å². The van der Waals surface area contributed by atoms with Gasteiger partial charge in [0.05, 0.1) is 5.91 Å². The van der Waals surface area contributed by atoms with Crippen LogP contribution < -0.4 is 0 Å². The molecule has 0 bridgehead atoms. The summed E-state index contributed by atoms with van der Waals surface area (Å²) in [5.74, 6) is -0.135. The zero-order valence-electron chi connectivity index (χ0n) is 12.7. The first-order valence-electron chi connectivity index (χ1n) is 5.15. The first kappa shape index (κ1) is 26.8. The average molecular weight is 443 g/mol. The van der Waals surface area contributed by atoms with Crippen molar-refractivity contribution in [3.05, 3.63) is 48.0 Å². The number of carbonyl (C=O) groups excluding carboxylic acids is 1. The monoisotopic (exact) mass is 443 g/mol. The maximum atomic E-state index is 11.1. The number of nitrogens with zero attached hydrogens (tertiary/aromatic N) is 1. The molecule has 0 N–H and O–H groups in total. The minimum atomic E-state index is -0.135.